The molecule has 1 heterocycles. The molecule has 1 unspecified atom stereocenters. The average Bonchev–Trinajstić information content (AvgIpc) is 3.07. The number of hydrogen-bond donors (Lipinski definition) is 1. The van der Waals surface area contributed by atoms with Gasteiger partial charge in [0.2, 0.25) is 0 Å². The fourth-order valence-corrected chi connectivity index (χ4v) is 4.51. The minimum atomic E-state index is -1.20. The van der Waals surface area contributed by atoms with Gasteiger partial charge in [-0.15, -0.1) is 0 Å². The number of nitrogens with two attached hydrogens (primary N) is 1. The zero-order chi connectivity index (χ0) is 22.8. The normalized spacial score (nSPS) is 12.7. The minimum Gasteiger partial charge on any atom is -0.496 e. The van der Waals surface area contributed by atoms with Crippen LogP contribution in [0.2, 0.25) is 25.7 Å². The van der Waals surface area contributed by atoms with Crippen LogP contribution >= 0.6 is 0 Å². The van der Waals surface area contributed by atoms with Crippen LogP contribution in [0, 0.1) is 25.2 Å². The second-order valence-corrected chi connectivity index (χ2v) is 14.9. The lowest BCUT2D eigenvalue weighted by Gasteiger charge is -2.21. The van der Waals surface area contributed by atoms with E-state index in [9.17, 15) is 5.26 Å². The Morgan fingerprint density at radius 2 is 1.94 bits per heavy atom. The van der Waals surface area contributed by atoms with Crippen LogP contribution in [0.4, 0.5) is 0 Å². The van der Waals surface area contributed by atoms with E-state index in [1.807, 2.05) is 36.6 Å². The summed E-state index contributed by atoms with van der Waals surface area (Å²) in [5.41, 5.74) is 12.1. The predicted molar refractivity (Wildman–Crippen MR) is 127 cm³/mol. The molecule has 6 nitrogen and oxygen atoms in total. The van der Waals surface area contributed by atoms with Crippen molar-refractivity contribution in [3.05, 3.63) is 58.4 Å². The van der Waals surface area contributed by atoms with Crippen molar-refractivity contribution in [3.63, 3.8) is 0 Å². The van der Waals surface area contributed by atoms with Crippen molar-refractivity contribution < 1.29 is 9.47 Å². The number of nitriles is 1. The summed E-state index contributed by atoms with van der Waals surface area (Å²) in [6, 6.07) is 12.4. The Hall–Kier alpha value is -2.66. The van der Waals surface area contributed by atoms with Gasteiger partial charge in [-0.2, -0.15) is 5.26 Å². The van der Waals surface area contributed by atoms with Gasteiger partial charge in [-0.25, -0.2) is 4.98 Å². The summed E-state index contributed by atoms with van der Waals surface area (Å²) < 4.78 is 13.7. The molecule has 0 aliphatic carbocycles. The van der Waals surface area contributed by atoms with E-state index in [1.54, 1.807) is 13.2 Å². The van der Waals surface area contributed by atoms with Crippen LogP contribution in [0.25, 0.3) is 11.0 Å². The van der Waals surface area contributed by atoms with E-state index in [1.165, 1.54) is 0 Å². The molecule has 0 amide bonds. The Labute approximate surface area is 185 Å². The molecule has 1 aromatic heterocycles. The molecule has 0 saturated carbocycles. The summed E-state index contributed by atoms with van der Waals surface area (Å²) in [4.78, 5) is 4.83. The fourth-order valence-electron chi connectivity index (χ4n) is 3.75. The molecule has 0 spiro atoms. The number of methoxy groups -OCH3 is 1. The lowest BCUT2D eigenvalue weighted by Crippen LogP contribution is -2.23. The highest BCUT2D eigenvalue weighted by Crippen LogP contribution is 2.33. The standard InChI is InChI=1S/C24H32N4O2Si/c1-16-11-17(2)22(21(12-16)29-3)23(26)24-27-19-8-7-18(14-25)13-20(19)28(24)15-30-9-10-31(4,5)6/h7-8,11-13,23H,9-10,15,26H2,1-6H3. The summed E-state index contributed by atoms with van der Waals surface area (Å²) in [5.74, 6) is 1.45. The Morgan fingerprint density at radius 1 is 1.19 bits per heavy atom. The lowest BCUT2D eigenvalue weighted by molar-refractivity contribution is 0.0874. The van der Waals surface area contributed by atoms with E-state index in [-0.39, 0.29) is 0 Å². The van der Waals surface area contributed by atoms with Gasteiger partial charge in [0.1, 0.15) is 18.3 Å². The van der Waals surface area contributed by atoms with Crippen molar-refractivity contribution in [2.24, 2.45) is 5.73 Å². The number of nitrogens with zero attached hydrogens (tertiary/aromatic N) is 3. The van der Waals surface area contributed by atoms with Crippen LogP contribution in [0.1, 0.15) is 34.1 Å². The summed E-state index contributed by atoms with van der Waals surface area (Å²) in [7, 11) is 0.464. The van der Waals surface area contributed by atoms with E-state index in [4.69, 9.17) is 20.2 Å². The van der Waals surface area contributed by atoms with Gasteiger partial charge in [0.15, 0.2) is 0 Å². The van der Waals surface area contributed by atoms with Crippen molar-refractivity contribution in [3.8, 4) is 11.8 Å². The second-order valence-electron chi connectivity index (χ2n) is 9.24. The van der Waals surface area contributed by atoms with Gasteiger partial charge >= 0.3 is 0 Å². The Kier molecular flexibility index (Phi) is 6.85. The van der Waals surface area contributed by atoms with Gasteiger partial charge in [-0.3, -0.25) is 0 Å². The summed E-state index contributed by atoms with van der Waals surface area (Å²) >= 11 is 0. The summed E-state index contributed by atoms with van der Waals surface area (Å²) in [6.07, 6.45) is 0. The third-order valence-corrected chi connectivity index (χ3v) is 7.13. The van der Waals surface area contributed by atoms with Crippen LogP contribution in [0.5, 0.6) is 5.75 Å². The molecular formula is C24H32N4O2Si. The third kappa shape index (κ3) is 5.16. The first-order valence-corrected chi connectivity index (χ1v) is 14.2. The first-order chi connectivity index (χ1) is 14.6. The quantitative estimate of drug-likeness (QED) is 0.401. The number of hydrogen-bond acceptors (Lipinski definition) is 5. The highest BCUT2D eigenvalue weighted by atomic mass is 28.3. The van der Waals surface area contributed by atoms with Crippen molar-refractivity contribution >= 4 is 19.1 Å². The van der Waals surface area contributed by atoms with Gasteiger partial charge in [0.05, 0.1) is 35.8 Å². The maximum atomic E-state index is 9.37. The van der Waals surface area contributed by atoms with E-state index >= 15 is 0 Å². The zero-order valence-electron chi connectivity index (χ0n) is 19.3. The number of aromatic nitrogens is 2. The molecular weight excluding hydrogens is 404 g/mol. The number of imidazole rings is 1. The topological polar surface area (TPSA) is 86.1 Å². The van der Waals surface area contributed by atoms with E-state index in [0.717, 1.165) is 39.5 Å². The number of benzene rings is 2. The van der Waals surface area contributed by atoms with Crippen LogP contribution in [-0.2, 0) is 11.5 Å². The third-order valence-electron chi connectivity index (χ3n) is 5.43. The number of ether oxygens (including phenoxy) is 2. The minimum absolute atomic E-state index is 0.339. The molecule has 2 aromatic carbocycles. The maximum absolute atomic E-state index is 9.37. The number of rotatable bonds is 8. The van der Waals surface area contributed by atoms with Gasteiger partial charge in [0, 0.05) is 20.2 Å². The first-order valence-electron chi connectivity index (χ1n) is 10.5. The van der Waals surface area contributed by atoms with Crippen LogP contribution in [0.3, 0.4) is 0 Å². The molecule has 0 bridgehead atoms. The highest BCUT2D eigenvalue weighted by Gasteiger charge is 2.24. The Morgan fingerprint density at radius 3 is 2.58 bits per heavy atom. The van der Waals surface area contributed by atoms with E-state index in [2.05, 4.69) is 31.8 Å². The van der Waals surface area contributed by atoms with Crippen LogP contribution < -0.4 is 10.5 Å². The van der Waals surface area contributed by atoms with Crippen molar-refractivity contribution in [1.29, 1.82) is 5.26 Å². The molecule has 7 heteroatoms. The predicted octanol–water partition coefficient (Wildman–Crippen LogP) is 4.89. The van der Waals surface area contributed by atoms with Gasteiger partial charge < -0.3 is 19.8 Å². The Balaban J connectivity index is 2.06. The maximum Gasteiger partial charge on any atom is 0.133 e. The Bertz CT molecular complexity index is 1130. The van der Waals surface area contributed by atoms with Crippen molar-refractivity contribution in [2.45, 2.75) is 52.3 Å². The molecule has 2 N–H and O–H groups in total. The lowest BCUT2D eigenvalue weighted by atomic mass is 9.97. The van der Waals surface area contributed by atoms with Crippen molar-refractivity contribution in [1.82, 2.24) is 9.55 Å². The molecule has 0 aliphatic heterocycles. The smallest absolute Gasteiger partial charge is 0.133 e. The first kappa shape index (κ1) is 23.0. The zero-order valence-corrected chi connectivity index (χ0v) is 20.3. The van der Waals surface area contributed by atoms with Crippen LogP contribution in [0.15, 0.2) is 30.3 Å². The SMILES string of the molecule is COc1cc(C)cc(C)c1C(N)c1nc2ccc(C#N)cc2n1COCC[Si](C)(C)C. The monoisotopic (exact) mass is 436 g/mol. The molecule has 0 radical (unpaired) electrons. The molecule has 31 heavy (non-hydrogen) atoms. The molecule has 164 valence electrons. The van der Waals surface area contributed by atoms with Crippen LogP contribution in [-0.4, -0.2) is 31.3 Å². The molecule has 3 aromatic rings. The second kappa shape index (κ2) is 9.23. The fraction of sp³-hybridized carbons (Fsp3) is 0.417. The molecule has 3 rings (SSSR count). The summed E-state index contributed by atoms with van der Waals surface area (Å²) in [5, 5.41) is 9.37. The highest BCUT2D eigenvalue weighted by molar-refractivity contribution is 6.76. The van der Waals surface area contributed by atoms with Gasteiger partial charge in [-0.1, -0.05) is 25.7 Å². The molecule has 0 aliphatic rings. The van der Waals surface area contributed by atoms with E-state index in [0.29, 0.717) is 24.7 Å². The molecule has 1 atom stereocenters. The van der Waals surface area contributed by atoms with Crippen molar-refractivity contribution in [2.75, 3.05) is 13.7 Å². The largest absolute Gasteiger partial charge is 0.496 e. The summed E-state index contributed by atoms with van der Waals surface area (Å²) in [6.45, 7) is 12.1. The molecule has 0 fully saturated rings. The van der Waals surface area contributed by atoms with Gasteiger partial charge in [-0.05, 0) is 55.3 Å². The average molecular weight is 437 g/mol. The number of fused-ring (bicyclic) bond motifs is 1. The van der Waals surface area contributed by atoms with E-state index < -0.39 is 14.1 Å². The molecule has 0 saturated heterocycles. The van der Waals surface area contributed by atoms with Gasteiger partial charge in [0.25, 0.3) is 0 Å². The number of aryl methyl sites for hydroxylation is 2.